The van der Waals surface area contributed by atoms with Gasteiger partial charge in [0.25, 0.3) is 0 Å². The molecule has 0 saturated heterocycles. The van der Waals surface area contributed by atoms with Crippen molar-refractivity contribution >= 4 is 21.7 Å². The van der Waals surface area contributed by atoms with Gasteiger partial charge in [0.1, 0.15) is 5.58 Å². The third-order valence-corrected chi connectivity index (χ3v) is 9.97. The Morgan fingerprint density at radius 2 is 1.02 bits per heavy atom. The molecule has 7 aromatic carbocycles. The van der Waals surface area contributed by atoms with Crippen LogP contribution in [0.25, 0.3) is 55.1 Å². The summed E-state index contributed by atoms with van der Waals surface area (Å²) in [5.41, 5.74) is 15.0. The van der Waals surface area contributed by atoms with Gasteiger partial charge in [-0.3, -0.25) is 0 Å². The van der Waals surface area contributed by atoms with E-state index < -0.39 is 0 Å². The molecule has 0 aliphatic heterocycles. The van der Waals surface area contributed by atoms with Crippen LogP contribution in [0.4, 0.5) is 0 Å². The van der Waals surface area contributed by atoms with Gasteiger partial charge in [0.15, 0.2) is 0 Å². The third kappa shape index (κ3) is 6.78. The van der Waals surface area contributed by atoms with Gasteiger partial charge in [-0.05, 0) is 94.4 Å². The van der Waals surface area contributed by atoms with E-state index in [1.807, 2.05) is 36.4 Å². The number of fused-ring (bicyclic) bond motifs is 6. The highest BCUT2D eigenvalue weighted by Crippen LogP contribution is 2.48. The normalized spacial score (nSPS) is 12.3. The van der Waals surface area contributed by atoms with Crippen LogP contribution in [0.2, 0.25) is 0 Å². The van der Waals surface area contributed by atoms with Crippen molar-refractivity contribution in [1.29, 1.82) is 0 Å². The Kier molecular flexibility index (Phi) is 9.26. The molecular weight excluding hydrogens is 621 g/mol. The molecule has 2 heteroatoms. The second-order valence-electron chi connectivity index (χ2n) is 13.9. The molecule has 0 radical (unpaired) electrons. The Labute approximate surface area is 300 Å². The van der Waals surface area contributed by atoms with E-state index in [2.05, 4.69) is 156 Å². The molecule has 0 amide bonds. The molecule has 0 fully saturated rings. The molecule has 0 spiro atoms. The summed E-state index contributed by atoms with van der Waals surface area (Å²) in [7, 11) is 0. The highest BCUT2D eigenvalue weighted by atomic mass is 16.4. The van der Waals surface area contributed by atoms with Crippen molar-refractivity contribution in [3.05, 3.63) is 202 Å². The SMILES string of the molecule is Cc1ccc(-c2ccc3oc(=O)c4ccccc4c3c2)cc1.Cc1ccc2c(c1)C(C)(C)c1ccccc1-2.Cc1ccccc1-c1ccccc1. The van der Waals surface area contributed by atoms with Crippen molar-refractivity contribution < 1.29 is 4.42 Å². The quantitative estimate of drug-likeness (QED) is 0.136. The lowest BCUT2D eigenvalue weighted by Gasteiger charge is -2.21. The zero-order valence-corrected chi connectivity index (χ0v) is 29.9. The molecule has 0 N–H and O–H groups in total. The largest absolute Gasteiger partial charge is 0.422 e. The lowest BCUT2D eigenvalue weighted by Crippen LogP contribution is -2.14. The third-order valence-electron chi connectivity index (χ3n) is 9.97. The van der Waals surface area contributed by atoms with Gasteiger partial charge >= 0.3 is 5.63 Å². The molecule has 0 atom stereocenters. The second-order valence-corrected chi connectivity index (χ2v) is 13.9. The Morgan fingerprint density at radius 3 is 1.76 bits per heavy atom. The first-order valence-corrected chi connectivity index (χ1v) is 17.6. The zero-order chi connectivity index (χ0) is 35.5. The van der Waals surface area contributed by atoms with E-state index in [1.54, 1.807) is 6.07 Å². The minimum absolute atomic E-state index is 0.151. The maximum Gasteiger partial charge on any atom is 0.344 e. The van der Waals surface area contributed by atoms with Gasteiger partial charge in [-0.2, -0.15) is 0 Å². The highest BCUT2D eigenvalue weighted by molar-refractivity contribution is 6.05. The Morgan fingerprint density at radius 1 is 0.431 bits per heavy atom. The molecule has 0 unspecified atom stereocenters. The van der Waals surface area contributed by atoms with Gasteiger partial charge in [0.05, 0.1) is 5.39 Å². The molecular formula is C49H42O2. The van der Waals surface area contributed by atoms with Gasteiger partial charge in [-0.1, -0.05) is 171 Å². The van der Waals surface area contributed by atoms with Crippen molar-refractivity contribution in [2.75, 3.05) is 0 Å². The van der Waals surface area contributed by atoms with Gasteiger partial charge in [-0.25, -0.2) is 4.79 Å². The van der Waals surface area contributed by atoms with E-state index in [1.165, 1.54) is 50.1 Å². The Balaban J connectivity index is 0.000000124. The van der Waals surface area contributed by atoms with Crippen LogP contribution >= 0.6 is 0 Å². The van der Waals surface area contributed by atoms with Crippen molar-refractivity contribution in [2.45, 2.75) is 40.0 Å². The molecule has 250 valence electrons. The van der Waals surface area contributed by atoms with Crippen molar-refractivity contribution in [1.82, 2.24) is 0 Å². The van der Waals surface area contributed by atoms with E-state index in [9.17, 15) is 4.79 Å². The molecule has 0 bridgehead atoms. The number of aryl methyl sites for hydroxylation is 3. The molecule has 1 aliphatic rings. The van der Waals surface area contributed by atoms with Gasteiger partial charge in [0.2, 0.25) is 0 Å². The first kappa shape index (κ1) is 33.5. The van der Waals surface area contributed by atoms with Crippen molar-refractivity contribution in [3.8, 4) is 33.4 Å². The molecule has 0 saturated carbocycles. The monoisotopic (exact) mass is 662 g/mol. The summed E-state index contributed by atoms with van der Waals surface area (Å²) >= 11 is 0. The van der Waals surface area contributed by atoms with Crippen LogP contribution in [0.5, 0.6) is 0 Å². The van der Waals surface area contributed by atoms with Crippen LogP contribution in [0, 0.1) is 20.8 Å². The predicted molar refractivity (Wildman–Crippen MR) is 216 cm³/mol. The molecule has 1 aliphatic carbocycles. The van der Waals surface area contributed by atoms with Crippen molar-refractivity contribution in [2.24, 2.45) is 0 Å². The van der Waals surface area contributed by atoms with Gasteiger partial charge < -0.3 is 4.42 Å². The summed E-state index contributed by atoms with van der Waals surface area (Å²) in [6.07, 6.45) is 0. The Hall–Kier alpha value is -5.99. The minimum atomic E-state index is -0.286. The second kappa shape index (κ2) is 14.1. The van der Waals surface area contributed by atoms with Crippen LogP contribution in [0.3, 0.4) is 0 Å². The lowest BCUT2D eigenvalue weighted by atomic mass is 9.82. The Bertz CT molecular complexity index is 2540. The molecule has 2 nitrogen and oxygen atoms in total. The maximum absolute atomic E-state index is 12.0. The zero-order valence-electron chi connectivity index (χ0n) is 29.9. The molecule has 9 rings (SSSR count). The van der Waals surface area contributed by atoms with E-state index in [0.29, 0.717) is 11.0 Å². The summed E-state index contributed by atoms with van der Waals surface area (Å²) in [4.78, 5) is 12.0. The average Bonchev–Trinajstić information content (AvgIpc) is 3.38. The number of benzene rings is 7. The van der Waals surface area contributed by atoms with Crippen LogP contribution in [0.1, 0.15) is 41.7 Å². The summed E-state index contributed by atoms with van der Waals surface area (Å²) in [5, 5.41) is 2.52. The molecule has 51 heavy (non-hydrogen) atoms. The highest BCUT2D eigenvalue weighted by Gasteiger charge is 2.34. The van der Waals surface area contributed by atoms with Crippen LogP contribution in [-0.4, -0.2) is 0 Å². The van der Waals surface area contributed by atoms with Crippen LogP contribution in [0.15, 0.2) is 173 Å². The number of rotatable bonds is 2. The number of hydrogen-bond donors (Lipinski definition) is 0. The topological polar surface area (TPSA) is 30.2 Å². The number of hydrogen-bond acceptors (Lipinski definition) is 2. The average molecular weight is 663 g/mol. The lowest BCUT2D eigenvalue weighted by molar-refractivity contribution is 0.569. The van der Waals surface area contributed by atoms with Gasteiger partial charge in [0, 0.05) is 10.8 Å². The standard InChI is InChI=1S/C20H14O2.C16H16.C13H12/c1-13-6-8-14(9-7-13)15-10-11-19-18(12-15)16-4-2-3-5-17(16)20(21)22-19;1-11-8-9-13-12-6-4-5-7-14(12)16(2,3)15(13)10-11;1-11-7-5-6-10-13(11)12-8-3-2-4-9-12/h2-12H,1H3;4-10H,1-3H3;2-10H,1H3. The fraction of sp³-hybridized carbons (Fsp3) is 0.122. The first-order valence-electron chi connectivity index (χ1n) is 17.6. The summed E-state index contributed by atoms with van der Waals surface area (Å²) < 4.78 is 5.43. The smallest absolute Gasteiger partial charge is 0.344 e. The molecule has 1 heterocycles. The molecule has 1 aromatic heterocycles. The van der Waals surface area contributed by atoms with E-state index in [-0.39, 0.29) is 11.0 Å². The first-order chi connectivity index (χ1) is 24.7. The predicted octanol–water partition coefficient (Wildman–Crippen LogP) is 12.9. The van der Waals surface area contributed by atoms with Crippen molar-refractivity contribution in [3.63, 3.8) is 0 Å². The molecule has 8 aromatic rings. The van der Waals surface area contributed by atoms with E-state index in [4.69, 9.17) is 4.42 Å². The van der Waals surface area contributed by atoms with Gasteiger partial charge in [-0.15, -0.1) is 0 Å². The minimum Gasteiger partial charge on any atom is -0.422 e. The van der Waals surface area contributed by atoms with Crippen LogP contribution in [-0.2, 0) is 5.41 Å². The fourth-order valence-corrected chi connectivity index (χ4v) is 7.14. The maximum atomic E-state index is 12.0. The van der Waals surface area contributed by atoms with E-state index >= 15 is 0 Å². The van der Waals surface area contributed by atoms with Crippen LogP contribution < -0.4 is 5.63 Å². The van der Waals surface area contributed by atoms with E-state index in [0.717, 1.165) is 21.9 Å². The summed E-state index contributed by atoms with van der Waals surface area (Å²) in [5.74, 6) is 0. The fourth-order valence-electron chi connectivity index (χ4n) is 7.14. The summed E-state index contributed by atoms with van der Waals surface area (Å²) in [6, 6.07) is 56.4. The summed E-state index contributed by atoms with van der Waals surface area (Å²) in [6.45, 7) is 11.0.